The first kappa shape index (κ1) is 12.1. The van der Waals surface area contributed by atoms with Crippen LogP contribution in [0.3, 0.4) is 0 Å². The van der Waals surface area contributed by atoms with Gasteiger partial charge in [0.25, 0.3) is 0 Å². The Bertz CT molecular complexity index is 283. The number of pyridine rings is 1. The van der Waals surface area contributed by atoms with Gasteiger partial charge in [-0.1, -0.05) is 13.0 Å². The third-order valence-electron chi connectivity index (χ3n) is 3.09. The number of hydrogen-bond donors (Lipinski definition) is 1. The summed E-state index contributed by atoms with van der Waals surface area (Å²) in [6.07, 6.45) is 4.62. The Balaban J connectivity index is 2.98. The van der Waals surface area contributed by atoms with Gasteiger partial charge in [0, 0.05) is 19.5 Å². The molecule has 1 N–H and O–H groups in total. The number of likely N-dealkylation sites (N-methyl/N-ethyl adjacent to an activating group) is 1. The summed E-state index contributed by atoms with van der Waals surface area (Å²) in [5.74, 6) is 0. The van der Waals surface area contributed by atoms with Crippen LogP contribution in [0.2, 0.25) is 0 Å². The van der Waals surface area contributed by atoms with Crippen LogP contribution in [0.25, 0.3) is 0 Å². The molecule has 0 spiro atoms. The number of nitrogens with zero attached hydrogens (tertiary/aromatic N) is 1. The smallest absolute Gasteiger partial charge is 0.0842 e. The van der Waals surface area contributed by atoms with E-state index >= 15 is 0 Å². The second-order valence-corrected chi connectivity index (χ2v) is 3.88. The number of nitrogens with one attached hydrogen (secondary N) is 1. The minimum absolute atomic E-state index is 0.168. The number of methoxy groups -OCH3 is 1. The van der Waals surface area contributed by atoms with Gasteiger partial charge in [0.15, 0.2) is 0 Å². The SMILES string of the molecule is CCC(C)(OC)C(NC)c1cccnc1. The predicted octanol–water partition coefficient (Wildman–Crippen LogP) is 2.16. The monoisotopic (exact) mass is 208 g/mol. The average Bonchev–Trinajstić information content (AvgIpc) is 2.31. The lowest BCUT2D eigenvalue weighted by Gasteiger charge is -2.35. The Morgan fingerprint density at radius 3 is 2.73 bits per heavy atom. The van der Waals surface area contributed by atoms with Crippen LogP contribution >= 0.6 is 0 Å². The summed E-state index contributed by atoms with van der Waals surface area (Å²) < 4.78 is 5.60. The molecule has 2 atom stereocenters. The predicted molar refractivity (Wildman–Crippen MR) is 61.7 cm³/mol. The molecular formula is C12H20N2O. The van der Waals surface area contributed by atoms with Crippen molar-refractivity contribution in [3.63, 3.8) is 0 Å². The van der Waals surface area contributed by atoms with E-state index in [1.807, 2.05) is 19.3 Å². The molecule has 0 aliphatic rings. The second kappa shape index (κ2) is 5.24. The molecule has 84 valence electrons. The highest BCUT2D eigenvalue weighted by atomic mass is 16.5. The van der Waals surface area contributed by atoms with Gasteiger partial charge in [0.2, 0.25) is 0 Å². The lowest BCUT2D eigenvalue weighted by Crippen LogP contribution is -2.41. The molecule has 3 heteroatoms. The van der Waals surface area contributed by atoms with E-state index in [0.29, 0.717) is 0 Å². The van der Waals surface area contributed by atoms with Gasteiger partial charge in [-0.05, 0) is 32.0 Å². The highest BCUT2D eigenvalue weighted by Crippen LogP contribution is 2.30. The number of rotatable bonds is 5. The third-order valence-corrected chi connectivity index (χ3v) is 3.09. The molecule has 0 amide bonds. The molecule has 0 saturated heterocycles. The van der Waals surface area contributed by atoms with E-state index in [0.717, 1.165) is 12.0 Å². The minimum atomic E-state index is -0.197. The van der Waals surface area contributed by atoms with E-state index < -0.39 is 0 Å². The lowest BCUT2D eigenvalue weighted by molar-refractivity contribution is -0.0281. The molecule has 0 radical (unpaired) electrons. The number of hydrogen-bond acceptors (Lipinski definition) is 3. The average molecular weight is 208 g/mol. The molecule has 1 heterocycles. The summed E-state index contributed by atoms with van der Waals surface area (Å²) >= 11 is 0. The van der Waals surface area contributed by atoms with E-state index in [-0.39, 0.29) is 11.6 Å². The number of aromatic nitrogens is 1. The second-order valence-electron chi connectivity index (χ2n) is 3.88. The van der Waals surface area contributed by atoms with E-state index in [9.17, 15) is 0 Å². The molecule has 15 heavy (non-hydrogen) atoms. The molecule has 2 unspecified atom stereocenters. The van der Waals surface area contributed by atoms with Crippen molar-refractivity contribution < 1.29 is 4.74 Å². The summed E-state index contributed by atoms with van der Waals surface area (Å²) in [6, 6.07) is 4.19. The maximum atomic E-state index is 5.60. The molecule has 1 aromatic rings. The van der Waals surface area contributed by atoms with Crippen LogP contribution in [0.1, 0.15) is 31.9 Å². The topological polar surface area (TPSA) is 34.1 Å². The summed E-state index contributed by atoms with van der Waals surface area (Å²) in [5.41, 5.74) is 0.962. The quantitative estimate of drug-likeness (QED) is 0.805. The van der Waals surface area contributed by atoms with Gasteiger partial charge in [0.05, 0.1) is 11.6 Å². The zero-order valence-electron chi connectivity index (χ0n) is 9.95. The van der Waals surface area contributed by atoms with Crippen LogP contribution < -0.4 is 5.32 Å². The Morgan fingerprint density at radius 1 is 1.60 bits per heavy atom. The molecule has 0 bridgehead atoms. The van der Waals surface area contributed by atoms with Crippen molar-refractivity contribution in [1.82, 2.24) is 10.3 Å². The van der Waals surface area contributed by atoms with Crippen molar-refractivity contribution in [2.45, 2.75) is 31.9 Å². The minimum Gasteiger partial charge on any atom is -0.377 e. The molecule has 0 fully saturated rings. The van der Waals surface area contributed by atoms with Gasteiger partial charge < -0.3 is 10.1 Å². The van der Waals surface area contributed by atoms with Crippen molar-refractivity contribution in [2.24, 2.45) is 0 Å². The summed E-state index contributed by atoms with van der Waals surface area (Å²) in [6.45, 7) is 4.24. The van der Waals surface area contributed by atoms with E-state index in [2.05, 4.69) is 30.2 Å². The molecule has 1 rings (SSSR count). The fourth-order valence-corrected chi connectivity index (χ4v) is 1.84. The van der Waals surface area contributed by atoms with Crippen molar-refractivity contribution >= 4 is 0 Å². The first-order chi connectivity index (χ1) is 7.18. The Kier molecular flexibility index (Phi) is 4.24. The zero-order chi connectivity index (χ0) is 11.3. The van der Waals surface area contributed by atoms with Crippen LogP contribution in [-0.4, -0.2) is 24.7 Å². The number of ether oxygens (including phenoxy) is 1. The first-order valence-electron chi connectivity index (χ1n) is 5.30. The molecule has 0 aliphatic carbocycles. The van der Waals surface area contributed by atoms with Crippen LogP contribution in [-0.2, 0) is 4.74 Å². The Labute approximate surface area is 91.9 Å². The fraction of sp³-hybridized carbons (Fsp3) is 0.583. The van der Waals surface area contributed by atoms with Gasteiger partial charge in [-0.2, -0.15) is 0 Å². The van der Waals surface area contributed by atoms with Gasteiger partial charge in [-0.25, -0.2) is 0 Å². The van der Waals surface area contributed by atoms with Crippen molar-refractivity contribution in [1.29, 1.82) is 0 Å². The molecule has 3 nitrogen and oxygen atoms in total. The normalized spacial score (nSPS) is 17.1. The molecular weight excluding hydrogens is 188 g/mol. The van der Waals surface area contributed by atoms with Gasteiger partial charge in [0.1, 0.15) is 0 Å². The van der Waals surface area contributed by atoms with Gasteiger partial charge in [-0.15, -0.1) is 0 Å². The fourth-order valence-electron chi connectivity index (χ4n) is 1.84. The van der Waals surface area contributed by atoms with E-state index in [1.165, 1.54) is 0 Å². The zero-order valence-corrected chi connectivity index (χ0v) is 9.95. The van der Waals surface area contributed by atoms with Crippen molar-refractivity contribution in [3.05, 3.63) is 30.1 Å². The van der Waals surface area contributed by atoms with E-state index in [4.69, 9.17) is 4.74 Å². The third kappa shape index (κ3) is 2.55. The summed E-state index contributed by atoms with van der Waals surface area (Å²) in [7, 11) is 3.70. The van der Waals surface area contributed by atoms with Crippen molar-refractivity contribution in [2.75, 3.05) is 14.2 Å². The molecule has 0 aromatic carbocycles. The van der Waals surface area contributed by atoms with Crippen LogP contribution in [0.5, 0.6) is 0 Å². The summed E-state index contributed by atoms with van der Waals surface area (Å²) in [5, 5.41) is 3.30. The lowest BCUT2D eigenvalue weighted by atomic mass is 9.88. The van der Waals surface area contributed by atoms with Gasteiger partial charge >= 0.3 is 0 Å². The highest BCUT2D eigenvalue weighted by Gasteiger charge is 2.32. The maximum absolute atomic E-state index is 5.60. The van der Waals surface area contributed by atoms with Crippen LogP contribution in [0.4, 0.5) is 0 Å². The standard InChI is InChI=1S/C12H20N2O/c1-5-12(2,15-4)11(13-3)10-7-6-8-14-9-10/h6-9,11,13H,5H2,1-4H3. The molecule has 0 saturated carbocycles. The first-order valence-corrected chi connectivity index (χ1v) is 5.30. The largest absolute Gasteiger partial charge is 0.377 e. The summed E-state index contributed by atoms with van der Waals surface area (Å²) in [4.78, 5) is 4.14. The Hall–Kier alpha value is -0.930. The van der Waals surface area contributed by atoms with Crippen LogP contribution in [0.15, 0.2) is 24.5 Å². The Morgan fingerprint density at radius 2 is 2.33 bits per heavy atom. The maximum Gasteiger partial charge on any atom is 0.0842 e. The van der Waals surface area contributed by atoms with E-state index in [1.54, 1.807) is 13.3 Å². The van der Waals surface area contributed by atoms with Crippen LogP contribution in [0, 0.1) is 0 Å². The van der Waals surface area contributed by atoms with Crippen molar-refractivity contribution in [3.8, 4) is 0 Å². The highest BCUT2D eigenvalue weighted by molar-refractivity contribution is 5.17. The van der Waals surface area contributed by atoms with Gasteiger partial charge in [-0.3, -0.25) is 4.98 Å². The molecule has 1 aromatic heterocycles. The molecule has 0 aliphatic heterocycles.